The number of hydrogen-bond acceptors (Lipinski definition) is 12. The standard InChI is InChI=1S/C44H65N7O12/c1-7-24(4)35-44(62)63-25(5)36(48-33(53)19-17-29(45)43(60)61)40(57)47-31(21-27-13-15-28(52)16-14-27)38(55)46-30-18-20-34(54)51(41(30)58)37(23(2)3)42(59)50(6)32(39(56)49-35)22-26-11-9-8-10-12-26/h8-13,15,23-25,27-32,34-37,52,54H,7,14,16-22,45H2,1-6H3,(H,46,55)(H,47,57)(H,48,53)(H,49,56)(H,60,61)/t24-,25-,27?,28?,29?,30-,31-,32-,34+,35?,36-,37-/m0/s1. The fourth-order valence-corrected chi connectivity index (χ4v) is 8.11. The number of benzene rings is 1. The van der Waals surface area contributed by atoms with Gasteiger partial charge in [0.1, 0.15) is 54.6 Å². The van der Waals surface area contributed by atoms with Gasteiger partial charge in [-0.3, -0.25) is 33.6 Å². The van der Waals surface area contributed by atoms with Crippen molar-refractivity contribution in [2.75, 3.05) is 7.05 Å². The predicted molar refractivity (Wildman–Crippen MR) is 227 cm³/mol. The van der Waals surface area contributed by atoms with Crippen LogP contribution in [0.1, 0.15) is 91.5 Å². The van der Waals surface area contributed by atoms with E-state index in [1.807, 2.05) is 0 Å². The van der Waals surface area contributed by atoms with Crippen LogP contribution in [-0.4, -0.2) is 140 Å². The maximum atomic E-state index is 14.7. The Hall–Kier alpha value is -5.40. The van der Waals surface area contributed by atoms with E-state index in [-0.39, 0.29) is 38.0 Å². The molecule has 0 spiro atoms. The SMILES string of the molecule is CC[C@H](C)C1NC(=O)[C@H](Cc2ccccc2)N(C)C(=O)[C@H](C(C)C)N2C(=O)[C@H](CC[C@H]2O)NC(=O)[C@H](CC2C=CC(O)CC2)NC(=O)[C@@H](NC(=O)CCC(N)C(=O)O)[C@H](C)OC1=O. The Morgan fingerprint density at radius 2 is 1.59 bits per heavy atom. The third-order valence-corrected chi connectivity index (χ3v) is 12.2. The Kier molecular flexibility index (Phi) is 18.2. The van der Waals surface area contributed by atoms with Crippen molar-refractivity contribution < 1.29 is 58.4 Å². The zero-order chi connectivity index (χ0) is 46.7. The number of rotatable bonds is 12. The zero-order valence-corrected chi connectivity index (χ0v) is 36.9. The van der Waals surface area contributed by atoms with Crippen LogP contribution < -0.4 is 27.0 Å². The molecule has 1 aromatic carbocycles. The minimum absolute atomic E-state index is 0.00999. The number of carboxylic acid groups (broad SMARTS) is 1. The smallest absolute Gasteiger partial charge is 0.329 e. The lowest BCUT2D eigenvalue weighted by atomic mass is 9.88. The number of amides is 6. The number of nitrogens with zero attached hydrogens (tertiary/aromatic N) is 2. The van der Waals surface area contributed by atoms with Crippen molar-refractivity contribution in [3.8, 4) is 0 Å². The summed E-state index contributed by atoms with van der Waals surface area (Å²) in [6.45, 7) is 8.19. The normalized spacial score (nSPS) is 30.2. The van der Waals surface area contributed by atoms with Gasteiger partial charge in [0.25, 0.3) is 0 Å². The lowest BCUT2D eigenvalue weighted by Crippen LogP contribution is -2.66. The molecule has 2 aliphatic heterocycles. The molecule has 6 amide bonds. The highest BCUT2D eigenvalue weighted by Crippen LogP contribution is 2.27. The van der Waals surface area contributed by atoms with Crippen molar-refractivity contribution in [1.82, 2.24) is 31.1 Å². The van der Waals surface area contributed by atoms with E-state index in [4.69, 9.17) is 10.5 Å². The van der Waals surface area contributed by atoms with Gasteiger partial charge in [-0.15, -0.1) is 0 Å². The largest absolute Gasteiger partial charge is 0.480 e. The lowest BCUT2D eigenvalue weighted by molar-refractivity contribution is -0.167. The average Bonchev–Trinajstić information content (AvgIpc) is 3.24. The van der Waals surface area contributed by atoms with Gasteiger partial charge in [-0.1, -0.05) is 76.6 Å². The summed E-state index contributed by atoms with van der Waals surface area (Å²) in [4.78, 5) is 113. The first kappa shape index (κ1) is 50.2. The van der Waals surface area contributed by atoms with Crippen LogP contribution in [0.25, 0.3) is 0 Å². The fourth-order valence-electron chi connectivity index (χ4n) is 8.11. The summed E-state index contributed by atoms with van der Waals surface area (Å²) in [5.74, 6) is -8.53. The van der Waals surface area contributed by atoms with Crippen LogP contribution >= 0.6 is 0 Å². The molecule has 0 radical (unpaired) electrons. The number of piperidine rings is 1. The number of aliphatic carboxylic acids is 1. The highest BCUT2D eigenvalue weighted by molar-refractivity contribution is 5.98. The van der Waals surface area contributed by atoms with E-state index < -0.39 is 126 Å². The summed E-state index contributed by atoms with van der Waals surface area (Å²) in [5.41, 5.74) is 6.30. The van der Waals surface area contributed by atoms with Gasteiger partial charge in [0, 0.05) is 19.9 Å². The number of esters is 1. The van der Waals surface area contributed by atoms with Crippen LogP contribution in [0.5, 0.6) is 0 Å². The van der Waals surface area contributed by atoms with Crippen LogP contribution in [0.2, 0.25) is 0 Å². The number of likely N-dealkylation sites (N-methyl/N-ethyl adjacent to an activating group) is 1. The number of nitrogens with two attached hydrogens (primary N) is 1. The van der Waals surface area contributed by atoms with Crippen LogP contribution in [0.4, 0.5) is 0 Å². The van der Waals surface area contributed by atoms with Gasteiger partial charge in [-0.25, -0.2) is 4.79 Å². The Labute approximate surface area is 367 Å². The highest BCUT2D eigenvalue weighted by atomic mass is 16.5. The van der Waals surface area contributed by atoms with Crippen LogP contribution in [-0.2, 0) is 49.5 Å². The van der Waals surface area contributed by atoms with Crippen LogP contribution in [0.3, 0.4) is 0 Å². The molecule has 0 saturated carbocycles. The second-order valence-electron chi connectivity index (χ2n) is 17.3. The van der Waals surface area contributed by atoms with Crippen molar-refractivity contribution in [1.29, 1.82) is 0 Å². The molecule has 1 aromatic rings. The zero-order valence-electron chi connectivity index (χ0n) is 36.9. The molecule has 9 N–H and O–H groups in total. The number of aliphatic hydroxyl groups excluding tert-OH is 2. The first-order valence-electron chi connectivity index (χ1n) is 21.8. The highest BCUT2D eigenvalue weighted by Gasteiger charge is 2.47. The van der Waals surface area contributed by atoms with Crippen molar-refractivity contribution in [2.24, 2.45) is 23.5 Å². The van der Waals surface area contributed by atoms with E-state index >= 15 is 0 Å². The van der Waals surface area contributed by atoms with Crippen LogP contribution in [0, 0.1) is 17.8 Å². The number of carbonyl (C=O) groups is 8. The Morgan fingerprint density at radius 3 is 2.19 bits per heavy atom. The first-order valence-corrected chi connectivity index (χ1v) is 21.8. The molecule has 19 nitrogen and oxygen atoms in total. The number of cyclic esters (lactones) is 1. The van der Waals surface area contributed by atoms with Gasteiger partial charge in [-0.2, -0.15) is 0 Å². The molecule has 1 aliphatic carbocycles. The summed E-state index contributed by atoms with van der Waals surface area (Å²) in [6, 6.07) is -0.703. The molecule has 4 unspecified atom stereocenters. The van der Waals surface area contributed by atoms with Crippen LogP contribution in [0.15, 0.2) is 42.5 Å². The molecular weight excluding hydrogens is 819 g/mol. The molecule has 348 valence electrons. The first-order chi connectivity index (χ1) is 29.7. The number of aliphatic hydroxyl groups is 2. The number of carboxylic acids is 1. The average molecular weight is 884 g/mol. The molecule has 3 aliphatic rings. The van der Waals surface area contributed by atoms with Gasteiger partial charge < -0.3 is 56.9 Å². The second kappa shape index (κ2) is 22.8. The van der Waals surface area contributed by atoms with E-state index in [9.17, 15) is 53.7 Å². The number of carbonyl (C=O) groups excluding carboxylic acids is 7. The quantitative estimate of drug-likeness (QED) is 0.100. The maximum Gasteiger partial charge on any atom is 0.329 e. The number of fused-ring (bicyclic) bond motifs is 2. The fraction of sp³-hybridized carbons (Fsp3) is 0.636. The van der Waals surface area contributed by atoms with Gasteiger partial charge in [-0.05, 0) is 68.8 Å². The van der Waals surface area contributed by atoms with Crippen molar-refractivity contribution in [3.63, 3.8) is 0 Å². The molecule has 63 heavy (non-hydrogen) atoms. The van der Waals surface area contributed by atoms with Crippen molar-refractivity contribution >= 4 is 47.4 Å². The summed E-state index contributed by atoms with van der Waals surface area (Å²) in [6.07, 6.45) is 0.0986. The molecule has 0 aromatic heterocycles. The summed E-state index contributed by atoms with van der Waals surface area (Å²) in [7, 11) is 1.41. The minimum Gasteiger partial charge on any atom is -0.480 e. The molecular formula is C44H65N7O12. The minimum atomic E-state index is -1.67. The third-order valence-electron chi connectivity index (χ3n) is 12.2. The van der Waals surface area contributed by atoms with E-state index in [0.717, 1.165) is 4.90 Å². The van der Waals surface area contributed by atoms with Gasteiger partial charge >= 0.3 is 11.9 Å². The van der Waals surface area contributed by atoms with E-state index in [1.165, 1.54) is 18.9 Å². The Bertz CT molecular complexity index is 1850. The maximum absolute atomic E-state index is 14.7. The number of allylic oxidation sites excluding steroid dienone is 1. The van der Waals surface area contributed by atoms with Gasteiger partial charge in [0.15, 0.2) is 0 Å². The monoisotopic (exact) mass is 883 g/mol. The van der Waals surface area contributed by atoms with E-state index in [2.05, 4.69) is 21.3 Å². The second-order valence-corrected chi connectivity index (χ2v) is 17.3. The molecule has 2 bridgehead atoms. The summed E-state index contributed by atoms with van der Waals surface area (Å²) >= 11 is 0. The molecule has 2 fully saturated rings. The van der Waals surface area contributed by atoms with Gasteiger partial charge in [0.2, 0.25) is 35.4 Å². The molecule has 2 heterocycles. The van der Waals surface area contributed by atoms with Gasteiger partial charge in [0.05, 0.1) is 6.10 Å². The number of ether oxygens (including phenoxy) is 1. The summed E-state index contributed by atoms with van der Waals surface area (Å²) < 4.78 is 5.86. The van der Waals surface area contributed by atoms with E-state index in [1.54, 1.807) is 70.2 Å². The Morgan fingerprint density at radius 1 is 0.905 bits per heavy atom. The molecule has 19 heteroatoms. The summed E-state index contributed by atoms with van der Waals surface area (Å²) in [5, 5.41) is 41.4. The molecule has 2 saturated heterocycles. The molecule has 12 atom stereocenters. The predicted octanol–water partition coefficient (Wildman–Crippen LogP) is -0.139. The number of nitrogens with one attached hydrogen (secondary N) is 4. The third kappa shape index (κ3) is 13.3. The van der Waals surface area contributed by atoms with E-state index in [0.29, 0.717) is 24.8 Å². The van der Waals surface area contributed by atoms with Crippen molar-refractivity contribution in [3.05, 3.63) is 48.0 Å². The van der Waals surface area contributed by atoms with Crippen molar-refractivity contribution in [2.45, 2.75) is 153 Å². The number of hydrogen-bond donors (Lipinski definition) is 8. The Balaban J connectivity index is 1.84. The topological polar surface area (TPSA) is 287 Å². The molecule has 4 rings (SSSR count). The lowest BCUT2D eigenvalue weighted by Gasteiger charge is -2.44.